The highest BCUT2D eigenvalue weighted by molar-refractivity contribution is 6.03. The average molecular weight is 406 g/mol. The Labute approximate surface area is 175 Å². The largest absolute Gasteiger partial charge is 0.507 e. The van der Waals surface area contributed by atoms with Gasteiger partial charge in [-0.25, -0.2) is 4.68 Å². The van der Waals surface area contributed by atoms with Crippen LogP contribution in [0.2, 0.25) is 0 Å². The molecule has 30 heavy (non-hydrogen) atoms. The molecule has 1 saturated heterocycles. The number of hydrogen-bond donors (Lipinski definition) is 2. The van der Waals surface area contributed by atoms with Gasteiger partial charge in [0.05, 0.1) is 19.3 Å². The van der Waals surface area contributed by atoms with Crippen molar-refractivity contribution in [2.45, 2.75) is 25.4 Å². The Morgan fingerprint density at radius 3 is 2.63 bits per heavy atom. The predicted octanol–water partition coefficient (Wildman–Crippen LogP) is 3.69. The van der Waals surface area contributed by atoms with Crippen LogP contribution >= 0.6 is 0 Å². The van der Waals surface area contributed by atoms with Crippen LogP contribution in [0.1, 0.15) is 34.8 Å². The molecule has 1 fully saturated rings. The molecule has 2 aromatic carbocycles. The molecule has 0 saturated carbocycles. The van der Waals surface area contributed by atoms with Crippen molar-refractivity contribution in [1.29, 1.82) is 0 Å². The van der Waals surface area contributed by atoms with Crippen molar-refractivity contribution in [3.8, 4) is 11.5 Å². The second-order valence-electron chi connectivity index (χ2n) is 7.48. The number of carbonyl (C=O) groups excluding carboxylic acids is 1. The standard InChI is InChI=1S/C23H26N4O3/c1-30-20-8-7-18(21(28)15-20)16-26-13-10-19(11-14-26)27-22(9-12-24-27)25-23(29)17-5-3-2-4-6-17/h2-9,12,15,19,28H,10-11,13-14,16H2,1H3,(H,25,29). The molecule has 0 radical (unpaired) electrons. The van der Waals surface area contributed by atoms with E-state index in [1.807, 2.05) is 41.1 Å². The number of rotatable bonds is 6. The maximum Gasteiger partial charge on any atom is 0.256 e. The van der Waals surface area contributed by atoms with E-state index >= 15 is 0 Å². The molecular formula is C23H26N4O3. The molecule has 0 aliphatic carbocycles. The summed E-state index contributed by atoms with van der Waals surface area (Å²) in [6.07, 6.45) is 3.57. The van der Waals surface area contributed by atoms with Crippen molar-refractivity contribution in [1.82, 2.24) is 14.7 Å². The van der Waals surface area contributed by atoms with Crippen molar-refractivity contribution in [3.05, 3.63) is 71.9 Å². The van der Waals surface area contributed by atoms with E-state index in [4.69, 9.17) is 4.74 Å². The number of carbonyl (C=O) groups is 1. The third-order valence-corrected chi connectivity index (χ3v) is 5.54. The molecule has 2 N–H and O–H groups in total. The van der Waals surface area contributed by atoms with Gasteiger partial charge in [-0.3, -0.25) is 9.69 Å². The number of nitrogens with one attached hydrogen (secondary N) is 1. The third-order valence-electron chi connectivity index (χ3n) is 5.54. The lowest BCUT2D eigenvalue weighted by Crippen LogP contribution is -2.35. The molecular weight excluding hydrogens is 380 g/mol. The average Bonchev–Trinajstić information content (AvgIpc) is 3.24. The van der Waals surface area contributed by atoms with E-state index in [1.165, 1.54) is 0 Å². The van der Waals surface area contributed by atoms with Crippen LogP contribution in [0.3, 0.4) is 0 Å². The van der Waals surface area contributed by atoms with Crippen LogP contribution in [-0.4, -0.2) is 45.9 Å². The first-order valence-electron chi connectivity index (χ1n) is 10.1. The predicted molar refractivity (Wildman–Crippen MR) is 115 cm³/mol. The molecule has 1 aliphatic heterocycles. The Balaban J connectivity index is 1.36. The molecule has 1 amide bonds. The molecule has 1 aliphatic rings. The highest BCUT2D eigenvalue weighted by Crippen LogP contribution is 2.29. The number of amides is 1. The van der Waals surface area contributed by atoms with Crippen LogP contribution in [0.25, 0.3) is 0 Å². The molecule has 7 nitrogen and oxygen atoms in total. The number of aromatic nitrogens is 2. The van der Waals surface area contributed by atoms with Crippen LogP contribution in [0, 0.1) is 0 Å². The number of nitrogens with zero attached hydrogens (tertiary/aromatic N) is 3. The molecule has 2 heterocycles. The van der Waals surface area contributed by atoms with Gasteiger partial charge in [0.1, 0.15) is 17.3 Å². The van der Waals surface area contributed by atoms with Gasteiger partial charge in [-0.2, -0.15) is 5.10 Å². The van der Waals surface area contributed by atoms with E-state index in [2.05, 4.69) is 15.3 Å². The Morgan fingerprint density at radius 2 is 1.93 bits per heavy atom. The number of hydrogen-bond acceptors (Lipinski definition) is 5. The Hall–Kier alpha value is -3.32. The number of anilines is 1. The van der Waals surface area contributed by atoms with Crippen LogP contribution in [0.5, 0.6) is 11.5 Å². The summed E-state index contributed by atoms with van der Waals surface area (Å²) in [6.45, 7) is 2.48. The number of ether oxygens (including phenoxy) is 1. The first-order valence-corrected chi connectivity index (χ1v) is 10.1. The summed E-state index contributed by atoms with van der Waals surface area (Å²) in [5.41, 5.74) is 1.52. The summed E-state index contributed by atoms with van der Waals surface area (Å²) >= 11 is 0. The second kappa shape index (κ2) is 9.00. The van der Waals surface area contributed by atoms with Crippen molar-refractivity contribution >= 4 is 11.7 Å². The molecule has 4 rings (SSSR count). The van der Waals surface area contributed by atoms with Crippen molar-refractivity contribution in [3.63, 3.8) is 0 Å². The van der Waals surface area contributed by atoms with Crippen molar-refractivity contribution < 1.29 is 14.6 Å². The van der Waals surface area contributed by atoms with Gasteiger partial charge in [-0.1, -0.05) is 24.3 Å². The highest BCUT2D eigenvalue weighted by atomic mass is 16.5. The zero-order valence-electron chi connectivity index (χ0n) is 17.0. The van der Waals surface area contributed by atoms with Gasteiger partial charge in [0.2, 0.25) is 0 Å². The normalized spacial score (nSPS) is 15.1. The van der Waals surface area contributed by atoms with Crippen LogP contribution < -0.4 is 10.1 Å². The van der Waals surface area contributed by atoms with E-state index < -0.39 is 0 Å². The minimum atomic E-state index is -0.134. The molecule has 156 valence electrons. The van der Waals surface area contributed by atoms with E-state index in [-0.39, 0.29) is 17.7 Å². The van der Waals surface area contributed by atoms with Gasteiger partial charge >= 0.3 is 0 Å². The number of phenolic OH excluding ortho intramolecular Hbond substituents is 1. The lowest BCUT2D eigenvalue weighted by molar-refractivity contribution is 0.102. The summed E-state index contributed by atoms with van der Waals surface area (Å²) in [5.74, 6) is 1.49. The minimum Gasteiger partial charge on any atom is -0.507 e. The fourth-order valence-electron chi connectivity index (χ4n) is 3.85. The molecule has 0 spiro atoms. The molecule has 7 heteroatoms. The second-order valence-corrected chi connectivity index (χ2v) is 7.48. The van der Waals surface area contributed by atoms with Gasteiger partial charge in [-0.15, -0.1) is 0 Å². The fourth-order valence-corrected chi connectivity index (χ4v) is 3.85. The lowest BCUT2D eigenvalue weighted by Gasteiger charge is -2.32. The van der Waals surface area contributed by atoms with E-state index in [1.54, 1.807) is 31.5 Å². The lowest BCUT2D eigenvalue weighted by atomic mass is 10.0. The SMILES string of the molecule is COc1ccc(CN2CCC(n3nccc3NC(=O)c3ccccc3)CC2)c(O)c1. The van der Waals surface area contributed by atoms with Crippen molar-refractivity contribution in [2.75, 3.05) is 25.5 Å². The summed E-state index contributed by atoms with van der Waals surface area (Å²) in [6, 6.07) is 16.7. The van der Waals surface area contributed by atoms with E-state index in [0.717, 1.165) is 37.3 Å². The molecule has 0 bridgehead atoms. The van der Waals surface area contributed by atoms with Crippen LogP contribution in [-0.2, 0) is 6.54 Å². The Morgan fingerprint density at radius 1 is 1.17 bits per heavy atom. The number of methoxy groups -OCH3 is 1. The maximum atomic E-state index is 12.5. The smallest absolute Gasteiger partial charge is 0.256 e. The van der Waals surface area contributed by atoms with E-state index in [9.17, 15) is 9.90 Å². The first-order chi connectivity index (χ1) is 14.6. The first kappa shape index (κ1) is 20.0. The zero-order chi connectivity index (χ0) is 20.9. The number of benzene rings is 2. The van der Waals surface area contributed by atoms with Gasteiger partial charge in [0, 0.05) is 42.9 Å². The summed E-state index contributed by atoms with van der Waals surface area (Å²) in [5, 5.41) is 17.6. The van der Waals surface area contributed by atoms with Crippen LogP contribution in [0.15, 0.2) is 60.8 Å². The fraction of sp³-hybridized carbons (Fsp3) is 0.304. The van der Waals surface area contributed by atoms with Crippen molar-refractivity contribution in [2.24, 2.45) is 0 Å². The van der Waals surface area contributed by atoms with Gasteiger partial charge in [0.15, 0.2) is 0 Å². The summed E-state index contributed by atoms with van der Waals surface area (Å²) < 4.78 is 7.07. The summed E-state index contributed by atoms with van der Waals surface area (Å²) in [4.78, 5) is 14.8. The highest BCUT2D eigenvalue weighted by Gasteiger charge is 2.24. The summed E-state index contributed by atoms with van der Waals surface area (Å²) in [7, 11) is 1.59. The maximum absolute atomic E-state index is 12.5. The zero-order valence-corrected chi connectivity index (χ0v) is 17.0. The number of aromatic hydroxyl groups is 1. The molecule has 0 unspecified atom stereocenters. The Kier molecular flexibility index (Phi) is 5.99. The third kappa shape index (κ3) is 4.46. The van der Waals surface area contributed by atoms with Gasteiger partial charge in [0.25, 0.3) is 5.91 Å². The number of likely N-dealkylation sites (tertiary alicyclic amines) is 1. The monoisotopic (exact) mass is 406 g/mol. The Bertz CT molecular complexity index is 995. The topological polar surface area (TPSA) is 79.6 Å². The molecule has 1 aromatic heterocycles. The van der Waals surface area contributed by atoms with E-state index in [0.29, 0.717) is 17.9 Å². The van der Waals surface area contributed by atoms with Crippen LogP contribution in [0.4, 0.5) is 5.82 Å². The van der Waals surface area contributed by atoms with Gasteiger partial charge in [-0.05, 0) is 31.0 Å². The minimum absolute atomic E-state index is 0.134. The quantitative estimate of drug-likeness (QED) is 0.653. The number of phenols is 1. The molecule has 3 aromatic rings. The molecule has 0 atom stereocenters. The number of piperidine rings is 1. The van der Waals surface area contributed by atoms with Gasteiger partial charge < -0.3 is 15.2 Å².